The summed E-state index contributed by atoms with van der Waals surface area (Å²) in [6.45, 7) is 12.7. The number of para-hydroxylation sites is 1. The van der Waals surface area contributed by atoms with Crippen LogP contribution in [0.15, 0.2) is 43.2 Å². The maximum absolute atomic E-state index is 12.6. The van der Waals surface area contributed by atoms with Gasteiger partial charge in [-0.25, -0.2) is 9.97 Å². The van der Waals surface area contributed by atoms with Crippen LogP contribution < -0.4 is 10.6 Å². The fourth-order valence-corrected chi connectivity index (χ4v) is 2.59. The van der Waals surface area contributed by atoms with Crippen LogP contribution in [0.2, 0.25) is 0 Å². The van der Waals surface area contributed by atoms with Crippen LogP contribution in [0.3, 0.4) is 0 Å². The first-order valence-corrected chi connectivity index (χ1v) is 8.55. The van der Waals surface area contributed by atoms with Crippen molar-refractivity contribution in [2.75, 3.05) is 17.2 Å². The minimum Gasteiger partial charge on any atom is -0.365 e. The van der Waals surface area contributed by atoms with Gasteiger partial charge in [0.25, 0.3) is 5.91 Å². The van der Waals surface area contributed by atoms with E-state index >= 15 is 0 Å². The van der Waals surface area contributed by atoms with Crippen molar-refractivity contribution < 1.29 is 4.79 Å². The quantitative estimate of drug-likeness (QED) is 0.726. The van der Waals surface area contributed by atoms with Crippen LogP contribution in [-0.2, 0) is 0 Å². The number of amides is 1. The number of anilines is 2. The highest BCUT2D eigenvalue weighted by Gasteiger charge is 2.17. The number of hydrogen-bond acceptors (Lipinski definition) is 4. The van der Waals surface area contributed by atoms with Gasteiger partial charge in [-0.2, -0.15) is 0 Å². The molecule has 5 heteroatoms. The maximum Gasteiger partial charge on any atom is 0.275 e. The van der Waals surface area contributed by atoms with Gasteiger partial charge in [-0.1, -0.05) is 52.0 Å². The van der Waals surface area contributed by atoms with Gasteiger partial charge in [0.15, 0.2) is 0 Å². The molecule has 5 nitrogen and oxygen atoms in total. The Kier molecular flexibility index (Phi) is 6.28. The molecule has 0 aliphatic carbocycles. The van der Waals surface area contributed by atoms with E-state index in [9.17, 15) is 4.79 Å². The van der Waals surface area contributed by atoms with Crippen LogP contribution >= 0.6 is 0 Å². The summed E-state index contributed by atoms with van der Waals surface area (Å²) in [4.78, 5) is 21.1. The molecule has 1 aromatic heterocycles. The van der Waals surface area contributed by atoms with E-state index in [1.807, 2.05) is 6.07 Å². The van der Waals surface area contributed by atoms with E-state index in [2.05, 4.69) is 67.0 Å². The number of carbonyl (C=O) groups is 1. The molecule has 0 unspecified atom stereocenters. The second kappa shape index (κ2) is 8.42. The second-order valence-corrected chi connectivity index (χ2v) is 6.53. The molecule has 0 bridgehead atoms. The van der Waals surface area contributed by atoms with E-state index in [1.165, 1.54) is 6.20 Å². The predicted octanol–water partition coefficient (Wildman–Crippen LogP) is 4.57. The first-order chi connectivity index (χ1) is 11.9. The normalized spacial score (nSPS) is 10.8. The number of rotatable bonds is 7. The van der Waals surface area contributed by atoms with Gasteiger partial charge in [-0.3, -0.25) is 4.79 Å². The number of benzene rings is 1. The summed E-state index contributed by atoms with van der Waals surface area (Å²) in [6, 6.07) is 6.15. The summed E-state index contributed by atoms with van der Waals surface area (Å²) < 4.78 is 0. The summed E-state index contributed by atoms with van der Waals surface area (Å²) >= 11 is 0. The maximum atomic E-state index is 12.6. The van der Waals surface area contributed by atoms with E-state index in [0.717, 1.165) is 16.8 Å². The van der Waals surface area contributed by atoms with Crippen molar-refractivity contribution in [3.05, 3.63) is 60.1 Å². The lowest BCUT2D eigenvalue weighted by atomic mass is 9.92. The molecule has 0 spiro atoms. The van der Waals surface area contributed by atoms with Crippen molar-refractivity contribution in [1.82, 2.24) is 9.97 Å². The first-order valence-electron chi connectivity index (χ1n) is 8.55. The van der Waals surface area contributed by atoms with Gasteiger partial charge >= 0.3 is 0 Å². The van der Waals surface area contributed by atoms with E-state index < -0.39 is 0 Å². The zero-order chi connectivity index (χ0) is 18.4. The lowest BCUT2D eigenvalue weighted by Gasteiger charge is -2.20. The van der Waals surface area contributed by atoms with Crippen LogP contribution in [0.1, 0.15) is 61.1 Å². The number of nitrogens with zero attached hydrogens (tertiary/aromatic N) is 2. The average molecular weight is 338 g/mol. The summed E-state index contributed by atoms with van der Waals surface area (Å²) in [5.41, 5.74) is 3.42. The highest BCUT2D eigenvalue weighted by Crippen LogP contribution is 2.32. The fraction of sp³-hybridized carbons (Fsp3) is 0.350. The zero-order valence-electron chi connectivity index (χ0n) is 15.3. The molecule has 132 valence electrons. The molecule has 2 rings (SSSR count). The van der Waals surface area contributed by atoms with Gasteiger partial charge in [-0.15, -0.1) is 6.58 Å². The number of carbonyl (C=O) groups excluding carboxylic acids is 1. The SMILES string of the molecule is C=CCNc1cnc(C(=O)Nc2c(C(C)C)cccc2C(C)C)cn1. The van der Waals surface area contributed by atoms with Gasteiger partial charge in [0, 0.05) is 12.2 Å². The Labute approximate surface area is 149 Å². The Balaban J connectivity index is 2.26. The number of nitrogens with one attached hydrogen (secondary N) is 2. The lowest BCUT2D eigenvalue weighted by Crippen LogP contribution is -2.17. The summed E-state index contributed by atoms with van der Waals surface area (Å²) in [6.07, 6.45) is 4.77. The summed E-state index contributed by atoms with van der Waals surface area (Å²) in [7, 11) is 0. The van der Waals surface area contributed by atoms with Crippen LogP contribution in [-0.4, -0.2) is 22.4 Å². The molecule has 0 saturated carbocycles. The molecule has 0 atom stereocenters. The van der Waals surface area contributed by atoms with Crippen molar-refractivity contribution in [1.29, 1.82) is 0 Å². The minimum absolute atomic E-state index is 0.252. The Morgan fingerprint density at radius 2 is 1.76 bits per heavy atom. The lowest BCUT2D eigenvalue weighted by molar-refractivity contribution is 0.102. The Morgan fingerprint density at radius 3 is 2.24 bits per heavy atom. The van der Waals surface area contributed by atoms with E-state index in [4.69, 9.17) is 0 Å². The second-order valence-electron chi connectivity index (χ2n) is 6.53. The highest BCUT2D eigenvalue weighted by atomic mass is 16.1. The van der Waals surface area contributed by atoms with E-state index in [0.29, 0.717) is 24.2 Å². The molecule has 2 aromatic rings. The van der Waals surface area contributed by atoms with Gasteiger partial charge < -0.3 is 10.6 Å². The van der Waals surface area contributed by atoms with E-state index in [-0.39, 0.29) is 11.6 Å². The standard InChI is InChI=1S/C20H26N4O/c1-6-10-21-18-12-22-17(11-23-18)20(25)24-19-15(13(2)3)8-7-9-16(19)14(4)5/h6-9,11-14H,1,10H2,2-5H3,(H,21,23)(H,24,25). The molecule has 0 aliphatic rings. The largest absolute Gasteiger partial charge is 0.365 e. The van der Waals surface area contributed by atoms with Crippen molar-refractivity contribution >= 4 is 17.4 Å². The van der Waals surface area contributed by atoms with Crippen LogP contribution in [0.5, 0.6) is 0 Å². The third-order valence-electron chi connectivity index (χ3n) is 3.92. The van der Waals surface area contributed by atoms with Gasteiger partial charge in [-0.05, 0) is 23.0 Å². The van der Waals surface area contributed by atoms with E-state index in [1.54, 1.807) is 12.3 Å². The molecule has 1 amide bonds. The van der Waals surface area contributed by atoms with Crippen LogP contribution in [0.4, 0.5) is 11.5 Å². The molecule has 2 N–H and O–H groups in total. The number of aromatic nitrogens is 2. The van der Waals surface area contributed by atoms with Crippen molar-refractivity contribution in [3.63, 3.8) is 0 Å². The summed E-state index contributed by atoms with van der Waals surface area (Å²) in [5.74, 6) is 0.982. The molecule has 0 radical (unpaired) electrons. The third-order valence-corrected chi connectivity index (χ3v) is 3.92. The minimum atomic E-state index is -0.252. The van der Waals surface area contributed by atoms with Gasteiger partial charge in [0.1, 0.15) is 11.5 Å². The molecule has 1 aromatic carbocycles. The summed E-state index contributed by atoms with van der Waals surface area (Å²) in [5, 5.41) is 6.08. The molecule has 1 heterocycles. The average Bonchev–Trinajstić information content (AvgIpc) is 2.60. The third kappa shape index (κ3) is 4.66. The molecular formula is C20H26N4O. The molecule has 25 heavy (non-hydrogen) atoms. The van der Waals surface area contributed by atoms with Crippen molar-refractivity contribution in [2.24, 2.45) is 0 Å². The van der Waals surface area contributed by atoms with Crippen LogP contribution in [0, 0.1) is 0 Å². The molecule has 0 fully saturated rings. The molecular weight excluding hydrogens is 312 g/mol. The monoisotopic (exact) mass is 338 g/mol. The smallest absolute Gasteiger partial charge is 0.275 e. The van der Waals surface area contributed by atoms with Crippen molar-refractivity contribution in [3.8, 4) is 0 Å². The number of hydrogen-bond donors (Lipinski definition) is 2. The topological polar surface area (TPSA) is 66.9 Å². The highest BCUT2D eigenvalue weighted by molar-refractivity contribution is 6.03. The molecule has 0 saturated heterocycles. The zero-order valence-corrected chi connectivity index (χ0v) is 15.3. The Hall–Kier alpha value is -2.69. The Bertz CT molecular complexity index is 710. The van der Waals surface area contributed by atoms with Crippen LogP contribution in [0.25, 0.3) is 0 Å². The molecule has 0 aliphatic heterocycles. The van der Waals surface area contributed by atoms with Crippen molar-refractivity contribution in [2.45, 2.75) is 39.5 Å². The first kappa shape index (κ1) is 18.6. The Morgan fingerprint density at radius 1 is 1.12 bits per heavy atom. The predicted molar refractivity (Wildman–Crippen MR) is 103 cm³/mol. The van der Waals surface area contributed by atoms with Gasteiger partial charge in [0.2, 0.25) is 0 Å². The van der Waals surface area contributed by atoms with Gasteiger partial charge in [0.05, 0.1) is 12.4 Å². The fourth-order valence-electron chi connectivity index (χ4n) is 2.59.